The molecule has 23 heteroatoms. The summed E-state index contributed by atoms with van der Waals surface area (Å²) in [4.78, 5) is 81.0. The summed E-state index contributed by atoms with van der Waals surface area (Å²) in [5.74, 6) is 0.804. The number of rotatable bonds is 18. The molecule has 2 bridgehead atoms. The van der Waals surface area contributed by atoms with Gasteiger partial charge in [-0.15, -0.1) is 0 Å². The summed E-state index contributed by atoms with van der Waals surface area (Å²) < 4.78 is 39.8. The van der Waals surface area contributed by atoms with Crippen molar-refractivity contribution in [2.75, 3.05) is 97.5 Å². The zero-order valence-electron chi connectivity index (χ0n) is 48.5. The molecule has 4 aliphatic rings. The Hall–Kier alpha value is -8.65. The first kappa shape index (κ1) is 59.5. The number of benzene rings is 4. The second-order valence-corrected chi connectivity index (χ2v) is 22.2. The molecular formula is C62H69ClFN13O8. The average Bonchev–Trinajstić information content (AvgIpc) is 3.26. The maximum atomic E-state index is 15.2. The van der Waals surface area contributed by atoms with Gasteiger partial charge >= 0.3 is 6.03 Å². The third kappa shape index (κ3) is 12.9. The van der Waals surface area contributed by atoms with E-state index in [9.17, 15) is 24.0 Å². The number of urea groups is 1. The molecule has 10 rings (SSSR count). The summed E-state index contributed by atoms with van der Waals surface area (Å²) >= 11 is 6.40. The van der Waals surface area contributed by atoms with Crippen molar-refractivity contribution in [3.05, 3.63) is 147 Å². The lowest BCUT2D eigenvalue weighted by Crippen LogP contribution is -2.56. The first-order valence-electron chi connectivity index (χ1n) is 28.5. The molecular weight excluding hydrogens is 1110 g/mol. The third-order valence-electron chi connectivity index (χ3n) is 15.7. The van der Waals surface area contributed by atoms with Crippen molar-refractivity contribution in [3.8, 4) is 28.8 Å². The molecule has 5 amide bonds. The molecule has 0 saturated carbocycles. The highest BCUT2D eigenvalue weighted by atomic mass is 35.5. The van der Waals surface area contributed by atoms with E-state index in [0.29, 0.717) is 81.3 Å². The van der Waals surface area contributed by atoms with Gasteiger partial charge in [0.05, 0.1) is 99.9 Å². The molecule has 0 radical (unpaired) electrons. The average molecular weight is 1180 g/mol. The molecule has 2 N–H and O–H groups in total. The monoisotopic (exact) mass is 1180 g/mol. The minimum Gasteiger partial charge on any atom is -0.497 e. The molecule has 2 saturated heterocycles. The summed E-state index contributed by atoms with van der Waals surface area (Å²) in [6.45, 7) is 8.26. The highest BCUT2D eigenvalue weighted by Gasteiger charge is 2.46. The lowest BCUT2D eigenvalue weighted by Gasteiger charge is -2.38. The van der Waals surface area contributed by atoms with Crippen LogP contribution in [0.1, 0.15) is 101 Å². The van der Waals surface area contributed by atoms with E-state index < -0.39 is 17.9 Å². The topological polar surface area (TPSA) is 230 Å². The molecule has 85 heavy (non-hydrogen) atoms. The van der Waals surface area contributed by atoms with Crippen LogP contribution in [0.4, 0.5) is 20.8 Å². The number of likely N-dealkylation sites (N-methyl/N-ethyl adjacent to an activating group) is 1. The molecule has 3 atom stereocenters. The predicted molar refractivity (Wildman–Crippen MR) is 317 cm³/mol. The Morgan fingerprint density at radius 3 is 2.39 bits per heavy atom. The highest BCUT2D eigenvalue weighted by Crippen LogP contribution is 2.46. The second-order valence-electron chi connectivity index (χ2n) is 21.8. The van der Waals surface area contributed by atoms with Gasteiger partial charge in [0.25, 0.3) is 5.91 Å². The number of amidine groups is 1. The number of ether oxygens (including phenoxy) is 4. The fraction of sp³-hybridized carbons (Fsp3) is 0.403. The van der Waals surface area contributed by atoms with Crippen molar-refractivity contribution >= 4 is 52.8 Å². The number of anilines is 2. The number of hydrogen-bond acceptors (Lipinski definition) is 15. The van der Waals surface area contributed by atoms with E-state index in [2.05, 4.69) is 11.1 Å². The maximum absolute atomic E-state index is 15.2. The zero-order valence-corrected chi connectivity index (χ0v) is 49.3. The Morgan fingerprint density at radius 1 is 0.918 bits per heavy atom. The van der Waals surface area contributed by atoms with Gasteiger partial charge in [0.15, 0.2) is 11.6 Å². The molecule has 2 aromatic heterocycles. The number of amides is 5. The van der Waals surface area contributed by atoms with Crippen molar-refractivity contribution in [1.29, 1.82) is 5.26 Å². The van der Waals surface area contributed by atoms with Crippen LogP contribution in [-0.2, 0) is 32.2 Å². The van der Waals surface area contributed by atoms with Gasteiger partial charge in [-0.1, -0.05) is 53.6 Å². The van der Waals surface area contributed by atoms with E-state index in [-0.39, 0.29) is 120 Å². The SMILES string of the molecule is COc1ccc(C2=N[C@@H](c3ccc(C)cc3)[C@@H](c3ccc(Cl)cc3)N2C(=O)N2CCN(CCOCCOCCC(=O)N(C)CCn3nc4c(c3C#N)-c3cnc(N)c(n3)N3CCC[C@@H]3c3cc(F)ccc3C(=O)N(C)C4)C(=O)C2)c(OC(C)C)c1. The van der Waals surface area contributed by atoms with Crippen LogP contribution in [0.15, 0.2) is 96.1 Å². The molecule has 444 valence electrons. The van der Waals surface area contributed by atoms with Crippen molar-refractivity contribution in [2.24, 2.45) is 4.99 Å². The van der Waals surface area contributed by atoms with Gasteiger partial charge in [0, 0.05) is 63.5 Å². The number of hydrogen-bond donors (Lipinski definition) is 1. The molecule has 6 aromatic rings. The van der Waals surface area contributed by atoms with Gasteiger partial charge in [-0.3, -0.25) is 29.0 Å². The van der Waals surface area contributed by atoms with Crippen LogP contribution < -0.4 is 20.1 Å². The molecule has 0 spiro atoms. The molecule has 0 aliphatic carbocycles. The van der Waals surface area contributed by atoms with E-state index in [1.54, 1.807) is 54.1 Å². The Bertz CT molecular complexity index is 3540. The zero-order chi connectivity index (χ0) is 60.1. The van der Waals surface area contributed by atoms with Crippen LogP contribution in [0.25, 0.3) is 11.3 Å². The lowest BCUT2D eigenvalue weighted by molar-refractivity contribution is -0.135. The van der Waals surface area contributed by atoms with Gasteiger partial charge < -0.3 is 49.2 Å². The molecule has 21 nitrogen and oxygen atoms in total. The summed E-state index contributed by atoms with van der Waals surface area (Å²) in [7, 11) is 4.87. The number of methoxy groups -OCH3 is 1. The van der Waals surface area contributed by atoms with Gasteiger partial charge in [0.2, 0.25) is 11.8 Å². The number of aromatic nitrogens is 4. The van der Waals surface area contributed by atoms with E-state index in [1.165, 1.54) is 38.9 Å². The number of fused-ring (bicyclic) bond motifs is 8. The summed E-state index contributed by atoms with van der Waals surface area (Å²) in [5, 5.41) is 15.9. The molecule has 4 aromatic carbocycles. The number of halogens is 2. The largest absolute Gasteiger partial charge is 0.497 e. The number of aliphatic imine (C=N–C) groups is 1. The van der Waals surface area contributed by atoms with Crippen LogP contribution in [-0.4, -0.2) is 167 Å². The Morgan fingerprint density at radius 2 is 1.66 bits per heavy atom. The van der Waals surface area contributed by atoms with Crippen molar-refractivity contribution in [2.45, 2.75) is 77.4 Å². The van der Waals surface area contributed by atoms with Crippen molar-refractivity contribution in [3.63, 3.8) is 0 Å². The van der Waals surface area contributed by atoms with E-state index >= 15 is 4.79 Å². The van der Waals surface area contributed by atoms with Crippen LogP contribution in [0.3, 0.4) is 0 Å². The van der Waals surface area contributed by atoms with Gasteiger partial charge in [-0.25, -0.2) is 19.2 Å². The highest BCUT2D eigenvalue weighted by molar-refractivity contribution is 6.30. The third-order valence-corrected chi connectivity index (χ3v) is 16.0. The van der Waals surface area contributed by atoms with Crippen LogP contribution in [0.2, 0.25) is 5.02 Å². The second kappa shape index (κ2) is 26.1. The normalized spacial score (nSPS) is 17.7. The number of carbonyl (C=O) groups excluding carboxylic acids is 4. The quantitative estimate of drug-likeness (QED) is 0.0804. The van der Waals surface area contributed by atoms with Gasteiger partial charge in [-0.05, 0) is 92.8 Å². The van der Waals surface area contributed by atoms with Crippen molar-refractivity contribution in [1.82, 2.24) is 44.2 Å². The van der Waals surface area contributed by atoms with Crippen molar-refractivity contribution < 1.29 is 42.5 Å². The minimum atomic E-state index is -0.599. The first-order chi connectivity index (χ1) is 41.0. The van der Waals surface area contributed by atoms with Crippen LogP contribution in [0.5, 0.6) is 11.5 Å². The standard InChI is InChI=1S/C62H69ClFN13O8/c1-38(2)85-52-33-44(82-6)18-20-46(52)59-69-56(40-11-9-39(3)10-12-40)57(41-13-15-42(63)16-14-41)77(59)62(81)74-25-24-73(54(79)37-74)27-29-84-31-30-83-28-21-53(78)71(4)23-26-76-51(34-65)55-48-35-67-58(66)60(68-48)75-22-7-8-50(75)47-32-43(64)17-19-45(47)61(80)72(5)36-49(55)70-76/h9-20,32-33,35,38,50,56-57H,7-8,21-31,36-37H2,1-6H3,(H2,66,67)/t50-,56+,57-/m1/s1. The Kier molecular flexibility index (Phi) is 18.3. The summed E-state index contributed by atoms with van der Waals surface area (Å²) in [6.07, 6.45) is 2.76. The number of nitrogens with two attached hydrogens (primary N) is 1. The minimum absolute atomic E-state index is 0.00106. The van der Waals surface area contributed by atoms with Gasteiger partial charge in [0.1, 0.15) is 47.5 Å². The molecule has 0 unspecified atom stereocenters. The first-order valence-corrected chi connectivity index (χ1v) is 28.8. The Labute approximate surface area is 498 Å². The van der Waals surface area contributed by atoms with E-state index in [1.807, 2.05) is 74.2 Å². The van der Waals surface area contributed by atoms with E-state index in [4.69, 9.17) is 51.4 Å². The number of nitrogens with zero attached hydrogens (tertiary/aromatic N) is 12. The summed E-state index contributed by atoms with van der Waals surface area (Å²) in [6, 6.07) is 25.5. The Balaban J connectivity index is 0.721. The summed E-state index contributed by atoms with van der Waals surface area (Å²) in [5.41, 5.74) is 12.0. The number of carbonyl (C=O) groups is 4. The molecule has 2 fully saturated rings. The van der Waals surface area contributed by atoms with Crippen LogP contribution >= 0.6 is 11.6 Å². The number of aryl methyl sites for hydroxylation is 1. The number of nitriles is 1. The van der Waals surface area contributed by atoms with Crippen LogP contribution in [0, 0.1) is 24.1 Å². The number of piperazine rings is 1. The molecule has 6 heterocycles. The number of nitrogen functional groups attached to an aromatic ring is 1. The fourth-order valence-corrected chi connectivity index (χ4v) is 11.5. The lowest BCUT2D eigenvalue weighted by atomic mass is 9.93. The smallest absolute Gasteiger partial charge is 0.326 e. The predicted octanol–water partition coefficient (Wildman–Crippen LogP) is 8.01. The molecule has 4 aliphatic heterocycles. The fourth-order valence-electron chi connectivity index (χ4n) is 11.3. The van der Waals surface area contributed by atoms with Gasteiger partial charge in [-0.2, -0.15) is 10.4 Å². The maximum Gasteiger partial charge on any atom is 0.326 e. The van der Waals surface area contributed by atoms with E-state index in [0.717, 1.165) is 23.1 Å².